The van der Waals surface area contributed by atoms with Gasteiger partial charge in [-0.3, -0.25) is 14.4 Å². The van der Waals surface area contributed by atoms with E-state index in [-0.39, 0.29) is 23.2 Å². The van der Waals surface area contributed by atoms with Crippen LogP contribution >= 0.6 is 11.6 Å². The highest BCUT2D eigenvalue weighted by molar-refractivity contribution is 6.30. The van der Waals surface area contributed by atoms with Crippen molar-refractivity contribution in [3.05, 3.63) is 81.6 Å². The van der Waals surface area contributed by atoms with Crippen LogP contribution in [-0.4, -0.2) is 17.5 Å². The van der Waals surface area contributed by atoms with Gasteiger partial charge in [0, 0.05) is 16.1 Å². The van der Waals surface area contributed by atoms with E-state index in [0.717, 1.165) is 25.7 Å². The Balaban J connectivity index is 1.64. The summed E-state index contributed by atoms with van der Waals surface area (Å²) in [6, 6.07) is 14.7. The van der Waals surface area contributed by atoms with E-state index in [1.54, 1.807) is 38.1 Å². The van der Waals surface area contributed by atoms with E-state index in [1.807, 2.05) is 24.3 Å². The Morgan fingerprint density at radius 1 is 0.871 bits per heavy atom. The standard InChI is InChI=1S/C26H25ClO4/c1-15(2)26(30)31-25-22(23(28)20-5-3-4-6-21(20)24(25)29)18-9-7-16(8-10-18)17-11-13-19(27)14-12-17/h3-6,11-16,18H,7-10H2,1-2H3/t16-,18-. The fourth-order valence-electron chi connectivity index (χ4n) is 4.51. The van der Waals surface area contributed by atoms with Gasteiger partial charge < -0.3 is 4.74 Å². The summed E-state index contributed by atoms with van der Waals surface area (Å²) < 4.78 is 5.54. The van der Waals surface area contributed by atoms with E-state index < -0.39 is 11.9 Å². The lowest BCUT2D eigenvalue weighted by Gasteiger charge is -2.32. The minimum atomic E-state index is -0.497. The highest BCUT2D eigenvalue weighted by atomic mass is 35.5. The summed E-state index contributed by atoms with van der Waals surface area (Å²) in [6.07, 6.45) is 3.30. The lowest BCUT2D eigenvalue weighted by atomic mass is 9.72. The van der Waals surface area contributed by atoms with Crippen molar-refractivity contribution in [2.24, 2.45) is 11.8 Å². The largest absolute Gasteiger partial charge is 0.422 e. The van der Waals surface area contributed by atoms with Gasteiger partial charge in [0.2, 0.25) is 5.78 Å². The molecule has 2 aliphatic carbocycles. The van der Waals surface area contributed by atoms with Crippen LogP contribution in [0, 0.1) is 11.8 Å². The number of allylic oxidation sites excluding steroid dienone is 2. The Hall–Kier alpha value is -2.72. The lowest BCUT2D eigenvalue weighted by molar-refractivity contribution is -0.142. The van der Waals surface area contributed by atoms with Crippen LogP contribution in [0.4, 0.5) is 0 Å². The van der Waals surface area contributed by atoms with Crippen molar-refractivity contribution in [2.75, 3.05) is 0 Å². The molecule has 0 aliphatic heterocycles. The van der Waals surface area contributed by atoms with Crippen LogP contribution in [0.2, 0.25) is 5.02 Å². The number of halogens is 1. The number of hydrogen-bond donors (Lipinski definition) is 0. The zero-order valence-electron chi connectivity index (χ0n) is 17.7. The first-order valence-corrected chi connectivity index (χ1v) is 11.1. The molecule has 160 valence electrons. The molecular formula is C26H25ClO4. The summed E-state index contributed by atoms with van der Waals surface area (Å²) in [7, 11) is 0. The van der Waals surface area contributed by atoms with Gasteiger partial charge in [0.1, 0.15) is 0 Å². The monoisotopic (exact) mass is 436 g/mol. The van der Waals surface area contributed by atoms with Crippen molar-refractivity contribution in [3.8, 4) is 0 Å². The van der Waals surface area contributed by atoms with Crippen LogP contribution in [0.5, 0.6) is 0 Å². The van der Waals surface area contributed by atoms with Gasteiger partial charge in [0.05, 0.1) is 11.5 Å². The average molecular weight is 437 g/mol. The first kappa shape index (κ1) is 21.5. The number of carbonyl (C=O) groups excluding carboxylic acids is 3. The molecule has 0 saturated heterocycles. The second-order valence-electron chi connectivity index (χ2n) is 8.62. The van der Waals surface area contributed by atoms with Gasteiger partial charge in [-0.2, -0.15) is 0 Å². The van der Waals surface area contributed by atoms with E-state index in [1.165, 1.54) is 5.56 Å². The third kappa shape index (κ3) is 4.22. The first-order valence-electron chi connectivity index (χ1n) is 10.8. The Labute approximate surface area is 187 Å². The third-order valence-electron chi connectivity index (χ3n) is 6.26. The zero-order valence-corrected chi connectivity index (χ0v) is 18.4. The van der Waals surface area contributed by atoms with Crippen molar-refractivity contribution < 1.29 is 19.1 Å². The summed E-state index contributed by atoms with van der Waals surface area (Å²) in [5.74, 6) is -1.26. The van der Waals surface area contributed by atoms with Crippen molar-refractivity contribution in [1.29, 1.82) is 0 Å². The minimum absolute atomic E-state index is 0.0719. The normalized spacial score (nSPS) is 21.3. The van der Waals surface area contributed by atoms with Crippen LogP contribution in [0.1, 0.15) is 71.7 Å². The van der Waals surface area contributed by atoms with Crippen molar-refractivity contribution in [3.63, 3.8) is 0 Å². The van der Waals surface area contributed by atoms with Gasteiger partial charge in [-0.25, -0.2) is 0 Å². The molecule has 2 aromatic carbocycles. The van der Waals surface area contributed by atoms with Crippen molar-refractivity contribution in [1.82, 2.24) is 0 Å². The number of esters is 1. The average Bonchev–Trinajstić information content (AvgIpc) is 2.78. The molecule has 2 aromatic rings. The summed E-state index contributed by atoms with van der Waals surface area (Å²) >= 11 is 6.01. The molecule has 1 saturated carbocycles. The van der Waals surface area contributed by atoms with Gasteiger partial charge in [0.25, 0.3) is 0 Å². The van der Waals surface area contributed by atoms with Crippen LogP contribution in [0.15, 0.2) is 59.9 Å². The molecule has 0 amide bonds. The predicted molar refractivity (Wildman–Crippen MR) is 119 cm³/mol. The molecule has 4 rings (SSSR count). The SMILES string of the molecule is CC(C)C(=O)OC1=C([C@H]2CC[C@H](c3ccc(Cl)cc3)CC2)C(=O)c2ccccc2C1=O. The van der Waals surface area contributed by atoms with Crippen LogP contribution in [0.3, 0.4) is 0 Å². The highest BCUT2D eigenvalue weighted by Crippen LogP contribution is 2.42. The predicted octanol–water partition coefficient (Wildman–Crippen LogP) is 6.15. The minimum Gasteiger partial charge on any atom is -0.422 e. The summed E-state index contributed by atoms with van der Waals surface area (Å²) in [6.45, 7) is 3.42. The van der Waals surface area contributed by atoms with Crippen LogP contribution < -0.4 is 0 Å². The number of rotatable bonds is 4. The van der Waals surface area contributed by atoms with E-state index in [4.69, 9.17) is 16.3 Å². The van der Waals surface area contributed by atoms with E-state index in [0.29, 0.717) is 27.6 Å². The van der Waals surface area contributed by atoms with E-state index >= 15 is 0 Å². The number of ketones is 2. The molecule has 0 radical (unpaired) electrons. The maximum atomic E-state index is 13.4. The van der Waals surface area contributed by atoms with Gasteiger partial charge in [-0.1, -0.05) is 61.8 Å². The van der Waals surface area contributed by atoms with Crippen molar-refractivity contribution in [2.45, 2.75) is 45.4 Å². The first-order chi connectivity index (χ1) is 14.9. The number of hydrogen-bond acceptors (Lipinski definition) is 4. The second kappa shape index (κ2) is 8.80. The van der Waals surface area contributed by atoms with Gasteiger partial charge in [0.15, 0.2) is 11.5 Å². The highest BCUT2D eigenvalue weighted by Gasteiger charge is 2.39. The number of fused-ring (bicyclic) bond motifs is 1. The molecule has 31 heavy (non-hydrogen) atoms. The summed E-state index contributed by atoms with van der Waals surface area (Å²) in [4.78, 5) is 38.9. The zero-order chi connectivity index (χ0) is 22.1. The Bertz CT molecular complexity index is 1060. The molecule has 1 fully saturated rings. The Morgan fingerprint density at radius 3 is 2.00 bits per heavy atom. The Kier molecular flexibility index (Phi) is 6.10. The smallest absolute Gasteiger partial charge is 0.313 e. The second-order valence-corrected chi connectivity index (χ2v) is 9.06. The maximum Gasteiger partial charge on any atom is 0.313 e. The van der Waals surface area contributed by atoms with Gasteiger partial charge in [-0.15, -0.1) is 0 Å². The fraction of sp³-hybridized carbons (Fsp3) is 0.346. The van der Waals surface area contributed by atoms with Gasteiger partial charge >= 0.3 is 5.97 Å². The van der Waals surface area contributed by atoms with Crippen molar-refractivity contribution >= 4 is 29.1 Å². The molecule has 0 bridgehead atoms. The Morgan fingerprint density at radius 2 is 1.42 bits per heavy atom. The summed E-state index contributed by atoms with van der Waals surface area (Å²) in [5, 5.41) is 0.712. The topological polar surface area (TPSA) is 60.4 Å². The maximum absolute atomic E-state index is 13.4. The molecule has 0 atom stereocenters. The molecule has 0 N–H and O–H groups in total. The number of ether oxygens (including phenoxy) is 1. The fourth-order valence-corrected chi connectivity index (χ4v) is 4.64. The van der Waals surface area contributed by atoms with Gasteiger partial charge in [-0.05, 0) is 55.2 Å². The molecule has 0 spiro atoms. The quantitative estimate of drug-likeness (QED) is 0.539. The van der Waals surface area contributed by atoms with E-state index in [2.05, 4.69) is 0 Å². The summed E-state index contributed by atoms with van der Waals surface area (Å²) in [5.41, 5.74) is 2.30. The molecule has 4 nitrogen and oxygen atoms in total. The number of Topliss-reactive ketones (excluding diaryl/α,β-unsaturated/α-hetero) is 2. The molecular weight excluding hydrogens is 412 g/mol. The third-order valence-corrected chi connectivity index (χ3v) is 6.51. The molecule has 5 heteroatoms. The number of benzene rings is 2. The molecule has 0 aromatic heterocycles. The molecule has 0 unspecified atom stereocenters. The molecule has 2 aliphatic rings. The molecule has 0 heterocycles. The van der Waals surface area contributed by atoms with Crippen LogP contribution in [-0.2, 0) is 9.53 Å². The van der Waals surface area contributed by atoms with Crippen LogP contribution in [0.25, 0.3) is 0 Å². The number of carbonyl (C=O) groups is 3. The lowest BCUT2D eigenvalue weighted by Crippen LogP contribution is -2.31. The van der Waals surface area contributed by atoms with E-state index in [9.17, 15) is 14.4 Å².